The smallest absolute Gasteiger partial charge is 0.252 e. The first-order valence-corrected chi connectivity index (χ1v) is 7.08. The summed E-state index contributed by atoms with van der Waals surface area (Å²) >= 11 is 0. The Bertz CT molecular complexity index is 534. The molecule has 1 aromatic rings. The third-order valence-corrected chi connectivity index (χ3v) is 3.72. The van der Waals surface area contributed by atoms with Crippen LogP contribution in [0.25, 0.3) is 0 Å². The highest BCUT2D eigenvalue weighted by molar-refractivity contribution is 5.97. The zero-order chi connectivity index (χ0) is 15.2. The molecule has 0 spiro atoms. The fraction of sp³-hybridized carbons (Fsp3) is 0.471. The Balaban J connectivity index is 3.09. The summed E-state index contributed by atoms with van der Waals surface area (Å²) < 4.78 is 0. The van der Waals surface area contributed by atoms with Crippen LogP contribution in [0.5, 0.6) is 0 Å². The third-order valence-electron chi connectivity index (χ3n) is 3.72. The zero-order valence-electron chi connectivity index (χ0n) is 12.8. The van der Waals surface area contributed by atoms with Gasteiger partial charge in [0, 0.05) is 11.1 Å². The van der Waals surface area contributed by atoms with Crippen LogP contribution >= 0.6 is 0 Å². The molecule has 3 heteroatoms. The number of hydrogen-bond donors (Lipinski definition) is 2. The van der Waals surface area contributed by atoms with Gasteiger partial charge in [-0.3, -0.25) is 4.79 Å². The predicted molar refractivity (Wildman–Crippen MR) is 83.6 cm³/mol. The molecule has 1 rings (SSSR count). The van der Waals surface area contributed by atoms with Gasteiger partial charge in [-0.1, -0.05) is 31.8 Å². The van der Waals surface area contributed by atoms with Gasteiger partial charge in [-0.2, -0.15) is 0 Å². The minimum Gasteiger partial charge on any atom is -0.347 e. The average molecular weight is 272 g/mol. The lowest BCUT2D eigenvalue weighted by Crippen LogP contribution is -2.45. The van der Waals surface area contributed by atoms with Gasteiger partial charge >= 0.3 is 0 Å². The number of carbonyl (C=O) groups excluding carboxylic acids is 1. The lowest BCUT2D eigenvalue weighted by atomic mass is 9.94. The molecule has 1 amide bonds. The van der Waals surface area contributed by atoms with Gasteiger partial charge in [0.05, 0.1) is 12.1 Å². The Kier molecular flexibility index (Phi) is 5.79. The molecule has 0 aliphatic heterocycles. The van der Waals surface area contributed by atoms with Crippen molar-refractivity contribution in [2.75, 3.05) is 6.54 Å². The number of nitrogens with two attached hydrogens (primary N) is 1. The van der Waals surface area contributed by atoms with Crippen molar-refractivity contribution in [2.45, 2.75) is 46.1 Å². The molecule has 0 aliphatic carbocycles. The second kappa shape index (κ2) is 7.12. The van der Waals surface area contributed by atoms with Gasteiger partial charge < -0.3 is 11.1 Å². The summed E-state index contributed by atoms with van der Waals surface area (Å²) in [5, 5.41) is 3.11. The van der Waals surface area contributed by atoms with E-state index >= 15 is 0 Å². The van der Waals surface area contributed by atoms with Crippen LogP contribution in [0.2, 0.25) is 0 Å². The van der Waals surface area contributed by atoms with Crippen LogP contribution in [0, 0.1) is 18.8 Å². The molecule has 3 nitrogen and oxygen atoms in total. The molecule has 0 saturated heterocycles. The van der Waals surface area contributed by atoms with E-state index in [-0.39, 0.29) is 18.0 Å². The summed E-state index contributed by atoms with van der Waals surface area (Å²) in [7, 11) is 0. The van der Waals surface area contributed by atoms with Crippen molar-refractivity contribution in [3.05, 3.63) is 34.9 Å². The van der Waals surface area contributed by atoms with Crippen molar-refractivity contribution in [1.82, 2.24) is 5.32 Å². The largest absolute Gasteiger partial charge is 0.347 e. The third kappa shape index (κ3) is 4.11. The van der Waals surface area contributed by atoms with Crippen molar-refractivity contribution >= 4 is 5.91 Å². The SMILES string of the molecule is CCC(C)(CC)NC(=O)c1ccc(C)cc1C#CCN. The van der Waals surface area contributed by atoms with Gasteiger partial charge in [0.25, 0.3) is 5.91 Å². The van der Waals surface area contributed by atoms with Crippen molar-refractivity contribution in [1.29, 1.82) is 0 Å². The van der Waals surface area contributed by atoms with Gasteiger partial charge in [0.15, 0.2) is 0 Å². The van der Waals surface area contributed by atoms with Gasteiger partial charge in [0.1, 0.15) is 0 Å². The van der Waals surface area contributed by atoms with Crippen LogP contribution < -0.4 is 11.1 Å². The van der Waals surface area contributed by atoms with Crippen molar-refractivity contribution in [3.63, 3.8) is 0 Å². The van der Waals surface area contributed by atoms with Crippen LogP contribution in [0.4, 0.5) is 0 Å². The van der Waals surface area contributed by atoms with Gasteiger partial charge in [-0.15, -0.1) is 0 Å². The number of aryl methyl sites for hydroxylation is 1. The van der Waals surface area contributed by atoms with Crippen molar-refractivity contribution in [2.24, 2.45) is 5.73 Å². The molecule has 0 radical (unpaired) electrons. The molecule has 108 valence electrons. The van der Waals surface area contributed by atoms with Gasteiger partial charge in [-0.25, -0.2) is 0 Å². The molecule has 0 heterocycles. The maximum absolute atomic E-state index is 12.5. The molecule has 0 unspecified atom stereocenters. The Hall–Kier alpha value is -1.79. The second-order valence-electron chi connectivity index (χ2n) is 5.28. The summed E-state index contributed by atoms with van der Waals surface area (Å²) in [6.45, 7) is 8.49. The number of benzene rings is 1. The first-order valence-electron chi connectivity index (χ1n) is 7.08. The summed E-state index contributed by atoms with van der Waals surface area (Å²) in [5.74, 6) is 5.72. The maximum atomic E-state index is 12.5. The highest BCUT2D eigenvalue weighted by Crippen LogP contribution is 2.17. The maximum Gasteiger partial charge on any atom is 0.252 e. The second-order valence-corrected chi connectivity index (χ2v) is 5.28. The van der Waals surface area contributed by atoms with Crippen LogP contribution in [0.3, 0.4) is 0 Å². The summed E-state index contributed by atoms with van der Waals surface area (Å²) in [6.07, 6.45) is 1.79. The minimum atomic E-state index is -0.180. The highest BCUT2D eigenvalue weighted by Gasteiger charge is 2.23. The lowest BCUT2D eigenvalue weighted by Gasteiger charge is -2.28. The van der Waals surface area contributed by atoms with E-state index in [0.29, 0.717) is 5.56 Å². The normalized spacial score (nSPS) is 10.7. The van der Waals surface area contributed by atoms with Crippen molar-refractivity contribution in [3.8, 4) is 11.8 Å². The van der Waals surface area contributed by atoms with Crippen LogP contribution in [-0.2, 0) is 0 Å². The Morgan fingerprint density at radius 1 is 1.35 bits per heavy atom. The molecule has 0 aliphatic rings. The number of hydrogen-bond acceptors (Lipinski definition) is 2. The van der Waals surface area contributed by atoms with E-state index in [1.807, 2.05) is 25.1 Å². The fourth-order valence-corrected chi connectivity index (χ4v) is 1.87. The minimum absolute atomic E-state index is 0.0717. The van der Waals surface area contributed by atoms with E-state index in [0.717, 1.165) is 24.0 Å². The Morgan fingerprint density at radius 2 is 2.00 bits per heavy atom. The molecular formula is C17H24N2O. The molecular weight excluding hydrogens is 248 g/mol. The molecule has 0 saturated carbocycles. The van der Waals surface area contributed by atoms with Crippen LogP contribution in [0.1, 0.15) is 55.1 Å². The van der Waals surface area contributed by atoms with Crippen LogP contribution in [-0.4, -0.2) is 18.0 Å². The topological polar surface area (TPSA) is 55.1 Å². The Morgan fingerprint density at radius 3 is 2.55 bits per heavy atom. The Labute approximate surface area is 121 Å². The fourth-order valence-electron chi connectivity index (χ4n) is 1.87. The van der Waals surface area contributed by atoms with Gasteiger partial charge in [0.2, 0.25) is 0 Å². The average Bonchev–Trinajstić information content (AvgIpc) is 2.44. The number of carbonyl (C=O) groups is 1. The molecule has 3 N–H and O–H groups in total. The lowest BCUT2D eigenvalue weighted by molar-refractivity contribution is 0.0901. The standard InChI is InChI=1S/C17H24N2O/c1-5-17(4,6-2)19-16(20)15-10-9-13(3)12-14(15)8-7-11-18/h9-10,12H,5-6,11,18H2,1-4H3,(H,19,20). The zero-order valence-corrected chi connectivity index (χ0v) is 12.8. The first kappa shape index (κ1) is 16.3. The van der Waals surface area contributed by atoms with E-state index in [1.54, 1.807) is 0 Å². The monoisotopic (exact) mass is 272 g/mol. The number of amides is 1. The summed E-state index contributed by atoms with van der Waals surface area (Å²) in [6, 6.07) is 5.68. The highest BCUT2D eigenvalue weighted by atomic mass is 16.1. The van der Waals surface area contributed by atoms with Gasteiger partial charge in [-0.05, 0) is 44.4 Å². The van der Waals surface area contributed by atoms with Crippen LogP contribution in [0.15, 0.2) is 18.2 Å². The molecule has 0 atom stereocenters. The predicted octanol–water partition coefficient (Wildman–Crippen LogP) is 2.61. The molecule has 0 aromatic heterocycles. The number of nitrogens with one attached hydrogen (secondary N) is 1. The van der Waals surface area contributed by atoms with Crippen molar-refractivity contribution < 1.29 is 4.79 Å². The number of rotatable bonds is 4. The quantitative estimate of drug-likeness (QED) is 0.828. The first-order chi connectivity index (χ1) is 9.45. The summed E-state index contributed by atoms with van der Waals surface area (Å²) in [4.78, 5) is 12.5. The molecule has 0 bridgehead atoms. The molecule has 20 heavy (non-hydrogen) atoms. The van der Waals surface area contributed by atoms with E-state index in [1.165, 1.54) is 0 Å². The molecule has 0 fully saturated rings. The van der Waals surface area contributed by atoms with E-state index in [2.05, 4.69) is 37.9 Å². The van der Waals surface area contributed by atoms with E-state index < -0.39 is 0 Å². The van der Waals surface area contributed by atoms with E-state index in [4.69, 9.17) is 5.73 Å². The van der Waals surface area contributed by atoms with E-state index in [9.17, 15) is 4.79 Å². The molecule has 1 aromatic carbocycles. The summed E-state index contributed by atoms with van der Waals surface area (Å²) in [5.41, 5.74) is 7.67.